The first kappa shape index (κ1) is 21.1. The first-order chi connectivity index (χ1) is 14.3. The normalized spacial score (nSPS) is 13.8. The molecule has 2 aromatic carbocycles. The summed E-state index contributed by atoms with van der Waals surface area (Å²) in [6, 6.07) is 9.96. The smallest absolute Gasteiger partial charge is 0.326 e. The lowest BCUT2D eigenvalue weighted by Gasteiger charge is -2.18. The lowest BCUT2D eigenvalue weighted by molar-refractivity contribution is -0.154. The minimum absolute atomic E-state index is 0.0897. The number of halogens is 1. The maximum Gasteiger partial charge on any atom is 0.326 e. The number of fused-ring (bicyclic) bond motifs is 1. The fraction of sp³-hybridized carbons (Fsp3) is 0.286. The summed E-state index contributed by atoms with van der Waals surface area (Å²) in [4.78, 5) is 36.4. The second-order valence-electron chi connectivity index (χ2n) is 6.66. The Morgan fingerprint density at radius 2 is 1.77 bits per heavy atom. The third-order valence-electron chi connectivity index (χ3n) is 4.43. The zero-order valence-electron chi connectivity index (χ0n) is 16.4. The van der Waals surface area contributed by atoms with Gasteiger partial charge in [0, 0.05) is 5.56 Å². The molecular weight excluding hydrogens is 395 g/mol. The molecule has 158 valence electrons. The number of nitrogens with one attached hydrogen (secondary N) is 2. The van der Waals surface area contributed by atoms with E-state index in [0.29, 0.717) is 22.6 Å². The number of carbonyl (C=O) groups is 3. The van der Waals surface area contributed by atoms with Gasteiger partial charge in [0.1, 0.15) is 12.4 Å². The van der Waals surface area contributed by atoms with Crippen LogP contribution in [-0.4, -0.2) is 37.2 Å². The van der Waals surface area contributed by atoms with Crippen LogP contribution >= 0.6 is 0 Å². The van der Waals surface area contributed by atoms with Crippen molar-refractivity contribution in [3.05, 3.63) is 59.4 Å². The van der Waals surface area contributed by atoms with E-state index in [4.69, 9.17) is 14.2 Å². The van der Waals surface area contributed by atoms with Crippen molar-refractivity contribution in [2.75, 3.05) is 13.3 Å². The molecule has 2 atom stereocenters. The molecule has 30 heavy (non-hydrogen) atoms. The van der Waals surface area contributed by atoms with Crippen molar-refractivity contribution in [1.29, 1.82) is 0 Å². The van der Waals surface area contributed by atoms with Crippen LogP contribution in [0.5, 0.6) is 11.5 Å². The average Bonchev–Trinajstić information content (AvgIpc) is 3.20. The standard InChI is InChI=1S/C21H21FN2O6/c1-12(14-3-6-16(22)7-4-14)24-20(26)13(2)30-19(25)10-23-21(27)15-5-8-17-18(9-15)29-11-28-17/h3-9,12-13H,10-11H2,1-2H3,(H,23,27)(H,24,26). The Labute approximate surface area is 172 Å². The van der Waals surface area contributed by atoms with Crippen LogP contribution in [0.15, 0.2) is 42.5 Å². The molecule has 2 unspecified atom stereocenters. The van der Waals surface area contributed by atoms with E-state index in [9.17, 15) is 18.8 Å². The molecule has 9 heteroatoms. The van der Waals surface area contributed by atoms with Gasteiger partial charge in [0.05, 0.1) is 6.04 Å². The first-order valence-electron chi connectivity index (χ1n) is 9.26. The molecule has 1 aliphatic rings. The van der Waals surface area contributed by atoms with E-state index in [1.807, 2.05) is 0 Å². The van der Waals surface area contributed by atoms with Gasteiger partial charge in [-0.2, -0.15) is 0 Å². The number of rotatable bonds is 7. The number of hydrogen-bond donors (Lipinski definition) is 2. The van der Waals surface area contributed by atoms with E-state index < -0.39 is 36.5 Å². The predicted molar refractivity (Wildman–Crippen MR) is 103 cm³/mol. The van der Waals surface area contributed by atoms with Crippen LogP contribution in [0.3, 0.4) is 0 Å². The van der Waals surface area contributed by atoms with Gasteiger partial charge in [-0.15, -0.1) is 0 Å². The van der Waals surface area contributed by atoms with Crippen LogP contribution in [0, 0.1) is 5.82 Å². The van der Waals surface area contributed by atoms with Crippen molar-refractivity contribution in [2.45, 2.75) is 26.0 Å². The second-order valence-corrected chi connectivity index (χ2v) is 6.66. The number of carbonyl (C=O) groups excluding carboxylic acids is 3. The predicted octanol–water partition coefficient (Wildman–Crippen LogP) is 2.09. The molecule has 0 radical (unpaired) electrons. The zero-order chi connectivity index (χ0) is 21.7. The zero-order valence-corrected chi connectivity index (χ0v) is 16.4. The quantitative estimate of drug-likeness (QED) is 0.670. The van der Waals surface area contributed by atoms with E-state index in [-0.39, 0.29) is 12.6 Å². The minimum atomic E-state index is -1.07. The van der Waals surface area contributed by atoms with Gasteiger partial charge in [0.15, 0.2) is 17.6 Å². The summed E-state index contributed by atoms with van der Waals surface area (Å²) >= 11 is 0. The Balaban J connectivity index is 1.45. The molecule has 0 bridgehead atoms. The van der Waals surface area contributed by atoms with Crippen molar-refractivity contribution in [3.63, 3.8) is 0 Å². The molecule has 2 aromatic rings. The fourth-order valence-electron chi connectivity index (χ4n) is 2.75. The van der Waals surface area contributed by atoms with Crippen molar-refractivity contribution in [3.8, 4) is 11.5 Å². The monoisotopic (exact) mass is 416 g/mol. The molecule has 0 saturated carbocycles. The molecule has 0 spiro atoms. The first-order valence-corrected chi connectivity index (χ1v) is 9.26. The van der Waals surface area contributed by atoms with Crippen LogP contribution in [0.4, 0.5) is 4.39 Å². The van der Waals surface area contributed by atoms with Crippen molar-refractivity contribution >= 4 is 17.8 Å². The molecular formula is C21H21FN2O6. The van der Waals surface area contributed by atoms with E-state index in [1.165, 1.54) is 25.1 Å². The van der Waals surface area contributed by atoms with E-state index in [2.05, 4.69) is 10.6 Å². The van der Waals surface area contributed by atoms with Crippen LogP contribution in [-0.2, 0) is 14.3 Å². The van der Waals surface area contributed by atoms with E-state index >= 15 is 0 Å². The van der Waals surface area contributed by atoms with Gasteiger partial charge in [-0.05, 0) is 49.7 Å². The Bertz CT molecular complexity index is 947. The summed E-state index contributed by atoms with van der Waals surface area (Å²) in [5.41, 5.74) is 1.00. The summed E-state index contributed by atoms with van der Waals surface area (Å²) in [5, 5.41) is 5.11. The van der Waals surface area contributed by atoms with E-state index in [1.54, 1.807) is 31.2 Å². The number of benzene rings is 2. The van der Waals surface area contributed by atoms with Gasteiger partial charge in [-0.1, -0.05) is 12.1 Å². The average molecular weight is 416 g/mol. The van der Waals surface area contributed by atoms with Crippen LogP contribution < -0.4 is 20.1 Å². The molecule has 1 aliphatic heterocycles. The Morgan fingerprint density at radius 1 is 1.07 bits per heavy atom. The lowest BCUT2D eigenvalue weighted by atomic mass is 10.1. The summed E-state index contributed by atoms with van der Waals surface area (Å²) in [5.74, 6) is -1.15. The van der Waals surface area contributed by atoms with Crippen molar-refractivity contribution in [2.24, 2.45) is 0 Å². The molecule has 3 rings (SSSR count). The summed E-state index contributed by atoms with van der Waals surface area (Å²) in [7, 11) is 0. The van der Waals surface area contributed by atoms with Gasteiger partial charge in [0.25, 0.3) is 11.8 Å². The molecule has 0 saturated heterocycles. The van der Waals surface area contributed by atoms with Crippen LogP contribution in [0.25, 0.3) is 0 Å². The molecule has 2 N–H and O–H groups in total. The van der Waals surface area contributed by atoms with Gasteiger partial charge in [-0.3, -0.25) is 14.4 Å². The topological polar surface area (TPSA) is 103 Å². The highest BCUT2D eigenvalue weighted by Crippen LogP contribution is 2.32. The highest BCUT2D eigenvalue weighted by atomic mass is 19.1. The largest absolute Gasteiger partial charge is 0.454 e. The molecule has 1 heterocycles. The lowest BCUT2D eigenvalue weighted by Crippen LogP contribution is -2.39. The van der Waals surface area contributed by atoms with Gasteiger partial charge >= 0.3 is 5.97 Å². The summed E-state index contributed by atoms with van der Waals surface area (Å²) < 4.78 is 28.4. The molecule has 0 fully saturated rings. The molecule has 0 aromatic heterocycles. The Kier molecular flexibility index (Phi) is 6.51. The summed E-state index contributed by atoms with van der Waals surface area (Å²) in [6.45, 7) is 2.83. The van der Waals surface area contributed by atoms with E-state index in [0.717, 1.165) is 0 Å². The van der Waals surface area contributed by atoms with Crippen LogP contribution in [0.1, 0.15) is 35.8 Å². The minimum Gasteiger partial charge on any atom is -0.454 e. The molecule has 2 amide bonds. The molecule has 0 aliphatic carbocycles. The number of ether oxygens (including phenoxy) is 3. The van der Waals surface area contributed by atoms with Crippen molar-refractivity contribution < 1.29 is 33.0 Å². The van der Waals surface area contributed by atoms with Crippen molar-refractivity contribution in [1.82, 2.24) is 10.6 Å². The maximum atomic E-state index is 13.0. The molecule has 8 nitrogen and oxygen atoms in total. The number of amides is 2. The Morgan fingerprint density at radius 3 is 2.50 bits per heavy atom. The second kappa shape index (κ2) is 9.25. The van der Waals surface area contributed by atoms with Crippen LogP contribution in [0.2, 0.25) is 0 Å². The third-order valence-corrected chi connectivity index (χ3v) is 4.43. The summed E-state index contributed by atoms with van der Waals surface area (Å²) in [6.07, 6.45) is -1.07. The fourth-order valence-corrected chi connectivity index (χ4v) is 2.75. The van der Waals surface area contributed by atoms with Gasteiger partial charge in [-0.25, -0.2) is 4.39 Å². The number of esters is 1. The van der Waals surface area contributed by atoms with Gasteiger partial charge in [0.2, 0.25) is 6.79 Å². The van der Waals surface area contributed by atoms with Gasteiger partial charge < -0.3 is 24.8 Å². The highest BCUT2D eigenvalue weighted by molar-refractivity contribution is 5.96. The number of hydrogen-bond acceptors (Lipinski definition) is 6. The SMILES string of the molecule is CC(OC(=O)CNC(=O)c1ccc2c(c1)OCO2)C(=O)NC(C)c1ccc(F)cc1. The third kappa shape index (κ3) is 5.25. The maximum absolute atomic E-state index is 13.0. The highest BCUT2D eigenvalue weighted by Gasteiger charge is 2.21. The Hall–Kier alpha value is -3.62.